The maximum Gasteiger partial charge on any atom is 0.0985 e. The van der Waals surface area contributed by atoms with Crippen LogP contribution in [-0.2, 0) is 4.74 Å². The van der Waals surface area contributed by atoms with Crippen LogP contribution in [0, 0.1) is 0 Å². The quantitative estimate of drug-likeness (QED) is 0.396. The van der Waals surface area contributed by atoms with Crippen LogP contribution >= 0.6 is 0 Å². The molecule has 0 saturated carbocycles. The summed E-state index contributed by atoms with van der Waals surface area (Å²) >= 11 is 0. The summed E-state index contributed by atoms with van der Waals surface area (Å²) in [5.74, 6) is 0. The lowest BCUT2D eigenvalue weighted by atomic mass is 10.2. The lowest BCUT2D eigenvalue weighted by Gasteiger charge is -2.27. The lowest BCUT2D eigenvalue weighted by Crippen LogP contribution is -2.49. The van der Waals surface area contributed by atoms with Crippen molar-refractivity contribution in [2.24, 2.45) is 5.73 Å². The van der Waals surface area contributed by atoms with E-state index in [1.165, 1.54) is 0 Å². The van der Waals surface area contributed by atoms with Crippen LogP contribution in [0.1, 0.15) is 0 Å². The van der Waals surface area contributed by atoms with Crippen molar-refractivity contribution in [3.63, 3.8) is 0 Å². The molecule has 0 bridgehead atoms. The second-order valence-corrected chi connectivity index (χ2v) is 2.11. The monoisotopic (exact) mass is 132 g/mol. The van der Waals surface area contributed by atoms with Gasteiger partial charge in [0.15, 0.2) is 0 Å². The van der Waals surface area contributed by atoms with Crippen molar-refractivity contribution in [3.05, 3.63) is 0 Å². The Balaban J connectivity index is 2.30. The van der Waals surface area contributed by atoms with Crippen molar-refractivity contribution < 1.29 is 9.84 Å². The van der Waals surface area contributed by atoms with E-state index in [-0.39, 0.29) is 6.10 Å². The summed E-state index contributed by atoms with van der Waals surface area (Å²) in [7, 11) is 0. The molecule has 1 aliphatic heterocycles. The van der Waals surface area contributed by atoms with E-state index in [4.69, 9.17) is 15.6 Å². The van der Waals surface area contributed by atoms with Gasteiger partial charge in [-0.1, -0.05) is 0 Å². The zero-order chi connectivity index (χ0) is 6.69. The van der Waals surface area contributed by atoms with Gasteiger partial charge in [0, 0.05) is 13.1 Å². The first-order valence-corrected chi connectivity index (χ1v) is 3.05. The molecule has 0 radical (unpaired) electrons. The molecular weight excluding hydrogens is 120 g/mol. The Bertz CT molecular complexity index is 89.0. The summed E-state index contributed by atoms with van der Waals surface area (Å²) in [5.41, 5.74) is 5.28. The minimum absolute atomic E-state index is 0.175. The molecule has 2 atom stereocenters. The van der Waals surface area contributed by atoms with Gasteiger partial charge in [-0.05, 0) is 0 Å². The van der Waals surface area contributed by atoms with Gasteiger partial charge in [-0.2, -0.15) is 0 Å². The van der Waals surface area contributed by atoms with E-state index in [9.17, 15) is 0 Å². The molecule has 4 nitrogen and oxygen atoms in total. The predicted molar refractivity (Wildman–Crippen MR) is 32.8 cm³/mol. The molecule has 0 aromatic carbocycles. The van der Waals surface area contributed by atoms with Crippen LogP contribution in [0.5, 0.6) is 0 Å². The molecule has 9 heavy (non-hydrogen) atoms. The van der Waals surface area contributed by atoms with Crippen LogP contribution in [0.3, 0.4) is 0 Å². The third-order valence-electron chi connectivity index (χ3n) is 1.41. The molecule has 4 N–H and O–H groups in total. The van der Waals surface area contributed by atoms with Crippen molar-refractivity contribution in [2.75, 3.05) is 19.8 Å². The Hall–Kier alpha value is -0.160. The van der Waals surface area contributed by atoms with E-state index in [0.717, 1.165) is 0 Å². The fourth-order valence-electron chi connectivity index (χ4n) is 0.840. The number of nitrogens with two attached hydrogens (primary N) is 1. The highest BCUT2D eigenvalue weighted by atomic mass is 16.5. The SMILES string of the molecule is NC[C@@H]1OCNC[C@@H]1O. The van der Waals surface area contributed by atoms with Crippen molar-refractivity contribution in [2.45, 2.75) is 12.2 Å². The van der Waals surface area contributed by atoms with E-state index in [1.54, 1.807) is 0 Å². The first-order chi connectivity index (χ1) is 4.34. The molecule has 4 heteroatoms. The summed E-state index contributed by atoms with van der Waals surface area (Å²) in [6.07, 6.45) is -0.616. The molecular formula is C5H12N2O2. The minimum Gasteiger partial charge on any atom is -0.389 e. The van der Waals surface area contributed by atoms with Gasteiger partial charge in [-0.15, -0.1) is 0 Å². The molecule has 0 aromatic heterocycles. The Labute approximate surface area is 54.0 Å². The predicted octanol–water partition coefficient (Wildman–Crippen LogP) is -1.75. The van der Waals surface area contributed by atoms with Gasteiger partial charge in [-0.3, -0.25) is 5.32 Å². The highest BCUT2D eigenvalue weighted by Gasteiger charge is 2.21. The number of aliphatic hydroxyl groups is 1. The fraction of sp³-hybridized carbons (Fsp3) is 1.00. The maximum atomic E-state index is 9.10. The average Bonchev–Trinajstić information content (AvgIpc) is 1.89. The third kappa shape index (κ3) is 1.62. The Morgan fingerprint density at radius 2 is 2.56 bits per heavy atom. The van der Waals surface area contributed by atoms with Crippen molar-refractivity contribution in [1.82, 2.24) is 5.32 Å². The summed E-state index contributed by atoms with van der Waals surface area (Å²) in [4.78, 5) is 0. The molecule has 54 valence electrons. The first-order valence-electron chi connectivity index (χ1n) is 3.05. The number of rotatable bonds is 1. The van der Waals surface area contributed by atoms with Crippen LogP contribution in [0.25, 0.3) is 0 Å². The van der Waals surface area contributed by atoms with Crippen molar-refractivity contribution >= 4 is 0 Å². The zero-order valence-electron chi connectivity index (χ0n) is 5.21. The Morgan fingerprint density at radius 1 is 1.78 bits per heavy atom. The zero-order valence-corrected chi connectivity index (χ0v) is 5.21. The fourth-order valence-corrected chi connectivity index (χ4v) is 0.840. The molecule has 0 aliphatic carbocycles. The number of nitrogens with one attached hydrogen (secondary N) is 1. The molecule has 0 spiro atoms. The van der Waals surface area contributed by atoms with Gasteiger partial charge in [0.1, 0.15) is 0 Å². The number of hydrogen-bond donors (Lipinski definition) is 3. The van der Waals surface area contributed by atoms with Gasteiger partial charge in [-0.25, -0.2) is 0 Å². The lowest BCUT2D eigenvalue weighted by molar-refractivity contribution is -0.0707. The van der Waals surface area contributed by atoms with Crippen molar-refractivity contribution in [3.8, 4) is 0 Å². The first kappa shape index (κ1) is 6.95. The van der Waals surface area contributed by atoms with Gasteiger partial charge in [0.2, 0.25) is 0 Å². The van der Waals surface area contributed by atoms with Gasteiger partial charge in [0.25, 0.3) is 0 Å². The molecule has 0 amide bonds. The molecule has 1 heterocycles. The molecule has 1 fully saturated rings. The number of ether oxygens (including phenoxy) is 1. The van der Waals surface area contributed by atoms with Gasteiger partial charge >= 0.3 is 0 Å². The normalized spacial score (nSPS) is 36.7. The van der Waals surface area contributed by atoms with Crippen LogP contribution < -0.4 is 11.1 Å². The smallest absolute Gasteiger partial charge is 0.0985 e. The number of hydrogen-bond acceptors (Lipinski definition) is 4. The molecule has 1 saturated heterocycles. The van der Waals surface area contributed by atoms with E-state index in [0.29, 0.717) is 19.8 Å². The van der Waals surface area contributed by atoms with Crippen LogP contribution in [0.15, 0.2) is 0 Å². The van der Waals surface area contributed by atoms with E-state index < -0.39 is 6.10 Å². The minimum atomic E-state index is -0.441. The van der Waals surface area contributed by atoms with Crippen LogP contribution in [-0.4, -0.2) is 37.1 Å². The summed E-state index contributed by atoms with van der Waals surface area (Å²) in [6.45, 7) is 1.48. The van der Waals surface area contributed by atoms with Gasteiger partial charge < -0.3 is 15.6 Å². The van der Waals surface area contributed by atoms with E-state index in [2.05, 4.69) is 5.32 Å². The van der Waals surface area contributed by atoms with Gasteiger partial charge in [0.05, 0.1) is 18.9 Å². The molecule has 1 rings (SSSR count). The average molecular weight is 132 g/mol. The highest BCUT2D eigenvalue weighted by Crippen LogP contribution is 2.00. The number of aliphatic hydroxyl groups excluding tert-OH is 1. The van der Waals surface area contributed by atoms with E-state index in [1.807, 2.05) is 0 Å². The maximum absolute atomic E-state index is 9.10. The Morgan fingerprint density at radius 3 is 3.00 bits per heavy atom. The standard InChI is InChI=1S/C5H12N2O2/c6-1-5-4(8)2-7-3-9-5/h4-5,7-8H,1-3,6H2/t4-,5-/m0/s1. The highest BCUT2D eigenvalue weighted by molar-refractivity contribution is 4.74. The largest absolute Gasteiger partial charge is 0.389 e. The van der Waals surface area contributed by atoms with Crippen LogP contribution in [0.4, 0.5) is 0 Å². The summed E-state index contributed by atoms with van der Waals surface area (Å²) < 4.78 is 5.05. The number of β-amino-alcohol motifs (C(OH)–C–C–N with tert-alkyl or cyclic N) is 1. The summed E-state index contributed by atoms with van der Waals surface area (Å²) in [6, 6.07) is 0. The van der Waals surface area contributed by atoms with E-state index >= 15 is 0 Å². The third-order valence-corrected chi connectivity index (χ3v) is 1.41. The van der Waals surface area contributed by atoms with Crippen molar-refractivity contribution in [1.29, 1.82) is 0 Å². The molecule has 0 aromatic rings. The second-order valence-electron chi connectivity index (χ2n) is 2.11. The van der Waals surface area contributed by atoms with Crippen LogP contribution in [0.2, 0.25) is 0 Å². The second kappa shape index (κ2) is 3.12. The molecule has 0 unspecified atom stereocenters. The molecule has 1 aliphatic rings. The summed E-state index contributed by atoms with van der Waals surface area (Å²) in [5, 5.41) is 12.0. The Kier molecular flexibility index (Phi) is 2.41. The topological polar surface area (TPSA) is 67.5 Å².